The van der Waals surface area contributed by atoms with Crippen LogP contribution in [0.15, 0.2) is 42.5 Å². The lowest BCUT2D eigenvalue weighted by molar-refractivity contribution is -0.137. The van der Waals surface area contributed by atoms with Gasteiger partial charge in [0.25, 0.3) is 0 Å². The molecule has 0 aliphatic carbocycles. The van der Waals surface area contributed by atoms with Crippen molar-refractivity contribution in [3.05, 3.63) is 52.9 Å². The van der Waals surface area contributed by atoms with Crippen molar-refractivity contribution in [2.24, 2.45) is 0 Å². The summed E-state index contributed by atoms with van der Waals surface area (Å²) in [6.07, 6.45) is 2.94. The maximum atomic E-state index is 10.7. The Labute approximate surface area is 135 Å². The Bertz CT molecular complexity index is 583. The highest BCUT2D eigenvalue weighted by atomic mass is 32.1. The van der Waals surface area contributed by atoms with E-state index in [0.717, 1.165) is 24.3 Å². The van der Waals surface area contributed by atoms with E-state index in [1.165, 1.54) is 10.4 Å². The quantitative estimate of drug-likeness (QED) is 0.617. The van der Waals surface area contributed by atoms with Gasteiger partial charge in [-0.15, -0.1) is 11.3 Å². The van der Waals surface area contributed by atoms with Crippen molar-refractivity contribution in [3.8, 4) is 0 Å². The zero-order valence-corrected chi connectivity index (χ0v) is 13.5. The molecule has 1 atom stereocenters. The molecule has 5 heteroatoms. The van der Waals surface area contributed by atoms with Crippen LogP contribution in [0.1, 0.15) is 30.2 Å². The topological polar surface area (TPSA) is 61.4 Å². The molecule has 0 saturated heterocycles. The lowest BCUT2D eigenvalue weighted by Gasteiger charge is -2.15. The normalized spacial score (nSPS) is 12.0. The van der Waals surface area contributed by atoms with Gasteiger partial charge in [0.1, 0.15) is 5.00 Å². The maximum absolute atomic E-state index is 10.7. The summed E-state index contributed by atoms with van der Waals surface area (Å²) in [5, 5.41) is 9.85. The second-order valence-corrected chi connectivity index (χ2v) is 6.39. The summed E-state index contributed by atoms with van der Waals surface area (Å²) < 4.78 is 0. The summed E-state index contributed by atoms with van der Waals surface area (Å²) in [6, 6.07) is 14.5. The number of aliphatic carboxylic acids is 1. The minimum atomic E-state index is -0.782. The molecule has 1 heterocycles. The van der Waals surface area contributed by atoms with Gasteiger partial charge in [0.05, 0.1) is 6.42 Å². The number of hydrogen-bond donors (Lipinski definition) is 3. The molecule has 0 spiro atoms. The molecular weight excluding hydrogens is 296 g/mol. The van der Waals surface area contributed by atoms with Crippen LogP contribution in [0.3, 0.4) is 0 Å². The van der Waals surface area contributed by atoms with E-state index in [-0.39, 0.29) is 12.5 Å². The van der Waals surface area contributed by atoms with Crippen molar-refractivity contribution in [3.63, 3.8) is 0 Å². The summed E-state index contributed by atoms with van der Waals surface area (Å²) in [4.78, 5) is 12.1. The maximum Gasteiger partial charge on any atom is 0.304 e. The second-order valence-electron chi connectivity index (χ2n) is 5.22. The van der Waals surface area contributed by atoms with Gasteiger partial charge in [-0.2, -0.15) is 0 Å². The number of anilines is 1. The van der Waals surface area contributed by atoms with Crippen LogP contribution in [0, 0.1) is 0 Å². The first-order valence-electron chi connectivity index (χ1n) is 7.53. The Hall–Kier alpha value is -1.85. The van der Waals surface area contributed by atoms with Gasteiger partial charge >= 0.3 is 5.97 Å². The zero-order valence-electron chi connectivity index (χ0n) is 12.7. The summed E-state index contributed by atoms with van der Waals surface area (Å²) >= 11 is 1.70. The molecule has 22 heavy (non-hydrogen) atoms. The summed E-state index contributed by atoms with van der Waals surface area (Å²) in [6.45, 7) is 1.97. The van der Waals surface area contributed by atoms with Crippen LogP contribution in [0.25, 0.3) is 0 Å². The van der Waals surface area contributed by atoms with E-state index in [1.54, 1.807) is 11.3 Å². The summed E-state index contributed by atoms with van der Waals surface area (Å²) in [5.74, 6) is -0.782. The zero-order chi connectivity index (χ0) is 15.8. The molecule has 0 fully saturated rings. The number of rotatable bonds is 9. The van der Waals surface area contributed by atoms with Gasteiger partial charge in [0.15, 0.2) is 0 Å². The van der Waals surface area contributed by atoms with Crippen LogP contribution < -0.4 is 10.9 Å². The first-order chi connectivity index (χ1) is 10.7. The molecule has 1 unspecified atom stereocenters. The third kappa shape index (κ3) is 5.50. The van der Waals surface area contributed by atoms with Crippen LogP contribution in [-0.2, 0) is 17.6 Å². The Morgan fingerprint density at radius 2 is 1.95 bits per heavy atom. The van der Waals surface area contributed by atoms with Gasteiger partial charge in [0, 0.05) is 10.9 Å². The van der Waals surface area contributed by atoms with E-state index >= 15 is 0 Å². The van der Waals surface area contributed by atoms with Crippen molar-refractivity contribution in [2.75, 3.05) is 5.43 Å². The fraction of sp³-hybridized carbons (Fsp3) is 0.353. The van der Waals surface area contributed by atoms with Gasteiger partial charge in [0.2, 0.25) is 0 Å². The highest BCUT2D eigenvalue weighted by Crippen LogP contribution is 2.22. The third-order valence-corrected chi connectivity index (χ3v) is 4.54. The van der Waals surface area contributed by atoms with E-state index < -0.39 is 5.97 Å². The Morgan fingerprint density at radius 1 is 1.18 bits per heavy atom. The van der Waals surface area contributed by atoms with Gasteiger partial charge in [-0.1, -0.05) is 37.3 Å². The molecule has 0 aliphatic heterocycles. The van der Waals surface area contributed by atoms with E-state index in [1.807, 2.05) is 19.1 Å². The molecule has 0 aliphatic rings. The number of nitrogens with one attached hydrogen (secondary N) is 2. The SMILES string of the molecule is CCC(CC(=O)O)NNc1ccc(CCc2ccccc2)s1. The van der Waals surface area contributed by atoms with Crippen LogP contribution in [0.5, 0.6) is 0 Å². The van der Waals surface area contributed by atoms with Crippen LogP contribution in [0.4, 0.5) is 5.00 Å². The van der Waals surface area contributed by atoms with Crippen LogP contribution >= 0.6 is 11.3 Å². The third-order valence-electron chi connectivity index (χ3n) is 3.48. The highest BCUT2D eigenvalue weighted by Gasteiger charge is 2.10. The van der Waals surface area contributed by atoms with Crippen LogP contribution in [-0.4, -0.2) is 17.1 Å². The van der Waals surface area contributed by atoms with E-state index in [0.29, 0.717) is 0 Å². The van der Waals surface area contributed by atoms with Gasteiger partial charge in [-0.05, 0) is 37.0 Å². The molecule has 1 aromatic heterocycles. The Kier molecular flexibility index (Phi) is 6.43. The Balaban J connectivity index is 1.79. The monoisotopic (exact) mass is 318 g/mol. The summed E-state index contributed by atoms with van der Waals surface area (Å²) in [5.41, 5.74) is 7.55. The first kappa shape index (κ1) is 16.5. The number of carboxylic acid groups (broad SMARTS) is 1. The molecule has 118 valence electrons. The molecule has 1 aromatic carbocycles. The largest absolute Gasteiger partial charge is 0.481 e. The molecule has 2 rings (SSSR count). The molecule has 0 saturated carbocycles. The number of thiophene rings is 1. The van der Waals surface area contributed by atoms with Gasteiger partial charge in [-0.3, -0.25) is 4.79 Å². The number of carbonyl (C=O) groups is 1. The molecule has 0 bridgehead atoms. The number of hydrazine groups is 1. The predicted octanol–water partition coefficient (Wildman–Crippen LogP) is 3.70. The minimum Gasteiger partial charge on any atom is -0.481 e. The number of aryl methyl sites for hydroxylation is 2. The lowest BCUT2D eigenvalue weighted by Crippen LogP contribution is -2.35. The second kappa shape index (κ2) is 8.56. The number of hydrogen-bond acceptors (Lipinski definition) is 4. The summed E-state index contributed by atoms with van der Waals surface area (Å²) in [7, 11) is 0. The molecule has 4 nitrogen and oxygen atoms in total. The highest BCUT2D eigenvalue weighted by molar-refractivity contribution is 7.16. The van der Waals surface area contributed by atoms with E-state index in [9.17, 15) is 4.79 Å². The standard InChI is InChI=1S/C17H22N2O2S/c1-2-14(12-17(20)21)18-19-16-11-10-15(22-16)9-8-13-6-4-3-5-7-13/h3-7,10-11,14,18-19H,2,8-9,12H2,1H3,(H,20,21). The Morgan fingerprint density at radius 3 is 2.64 bits per heavy atom. The average Bonchev–Trinajstić information content (AvgIpc) is 2.98. The average molecular weight is 318 g/mol. The number of carboxylic acids is 1. The van der Waals surface area contributed by atoms with Gasteiger partial charge in [-0.25, -0.2) is 5.43 Å². The smallest absolute Gasteiger partial charge is 0.304 e. The minimum absolute atomic E-state index is 0.0626. The van der Waals surface area contributed by atoms with E-state index in [4.69, 9.17) is 5.11 Å². The van der Waals surface area contributed by atoms with E-state index in [2.05, 4.69) is 41.2 Å². The molecule has 2 aromatic rings. The fourth-order valence-corrected chi connectivity index (χ4v) is 3.04. The molecule has 0 radical (unpaired) electrons. The van der Waals surface area contributed by atoms with Crippen molar-refractivity contribution >= 4 is 22.3 Å². The first-order valence-corrected chi connectivity index (χ1v) is 8.35. The predicted molar refractivity (Wildman–Crippen MR) is 91.3 cm³/mol. The van der Waals surface area contributed by atoms with Crippen LogP contribution in [0.2, 0.25) is 0 Å². The van der Waals surface area contributed by atoms with Crippen molar-refractivity contribution < 1.29 is 9.90 Å². The van der Waals surface area contributed by atoms with Crippen molar-refractivity contribution in [1.29, 1.82) is 0 Å². The molecular formula is C17H22N2O2S. The van der Waals surface area contributed by atoms with Crippen molar-refractivity contribution in [1.82, 2.24) is 5.43 Å². The fourth-order valence-electron chi connectivity index (χ4n) is 2.17. The van der Waals surface area contributed by atoms with Gasteiger partial charge < -0.3 is 10.5 Å². The number of benzene rings is 1. The lowest BCUT2D eigenvalue weighted by atomic mass is 10.1. The molecule has 3 N–H and O–H groups in total. The van der Waals surface area contributed by atoms with Crippen molar-refractivity contribution in [2.45, 2.75) is 38.6 Å². The molecule has 0 amide bonds.